The van der Waals surface area contributed by atoms with Gasteiger partial charge in [-0.25, -0.2) is 4.39 Å². The maximum atomic E-state index is 12.7. The first kappa shape index (κ1) is 10.6. The molecule has 0 aliphatic rings. The number of halogens is 2. The van der Waals surface area contributed by atoms with Crippen molar-refractivity contribution >= 4 is 15.9 Å². The summed E-state index contributed by atoms with van der Waals surface area (Å²) in [4.78, 5) is 3.74. The summed E-state index contributed by atoms with van der Waals surface area (Å²) in [5.41, 5.74) is 0.131. The highest BCUT2D eigenvalue weighted by Gasteiger charge is 2.18. The third-order valence-electron chi connectivity index (χ3n) is 1.57. The monoisotopic (exact) mass is 249 g/mol. The van der Waals surface area contributed by atoms with Gasteiger partial charge in [0.1, 0.15) is 11.9 Å². The Hall–Kier alpha value is -0.520. The van der Waals surface area contributed by atoms with E-state index in [1.807, 2.05) is 0 Å². The van der Waals surface area contributed by atoms with Crippen molar-refractivity contribution in [3.8, 4) is 0 Å². The van der Waals surface area contributed by atoms with E-state index in [-0.39, 0.29) is 11.0 Å². The molecule has 5 heteroatoms. The molecule has 0 saturated heterocycles. The fourth-order valence-electron chi connectivity index (χ4n) is 0.864. The van der Waals surface area contributed by atoms with Gasteiger partial charge in [0.05, 0.1) is 11.8 Å². The molecular weight excluding hydrogens is 241 g/mol. The molecular formula is C8H9BrFNO2. The van der Waals surface area contributed by atoms with Crippen LogP contribution < -0.4 is 0 Å². The average Bonchev–Trinajstić information content (AvgIpc) is 2.15. The highest BCUT2D eigenvalue weighted by atomic mass is 79.9. The molecule has 0 bridgehead atoms. The number of aromatic nitrogens is 1. The summed E-state index contributed by atoms with van der Waals surface area (Å²) in [6.07, 6.45) is -0.890. The highest BCUT2D eigenvalue weighted by molar-refractivity contribution is 9.09. The van der Waals surface area contributed by atoms with Gasteiger partial charge in [-0.3, -0.25) is 4.98 Å². The smallest absolute Gasteiger partial charge is 0.126 e. The summed E-state index contributed by atoms with van der Waals surface area (Å²) in [5.74, 6) is -0.481. The fraction of sp³-hybridized carbons (Fsp3) is 0.375. The van der Waals surface area contributed by atoms with Gasteiger partial charge < -0.3 is 10.2 Å². The van der Waals surface area contributed by atoms with Crippen molar-refractivity contribution in [3.05, 3.63) is 29.8 Å². The largest absolute Gasteiger partial charge is 0.389 e. The molecule has 72 valence electrons. The lowest BCUT2D eigenvalue weighted by molar-refractivity contribution is 0.0313. The number of rotatable bonds is 3. The maximum Gasteiger partial charge on any atom is 0.126 e. The molecule has 0 spiro atoms. The molecule has 0 saturated carbocycles. The van der Waals surface area contributed by atoms with E-state index >= 15 is 0 Å². The Labute approximate surface area is 83.4 Å². The molecule has 1 rings (SSSR count). The van der Waals surface area contributed by atoms with Gasteiger partial charge in [0.25, 0.3) is 0 Å². The van der Waals surface area contributed by atoms with Gasteiger partial charge in [0, 0.05) is 11.5 Å². The SMILES string of the molecule is OC(CBr)C(O)c1cc(F)ccn1. The van der Waals surface area contributed by atoms with Crippen LogP contribution in [0, 0.1) is 5.82 Å². The number of hydrogen-bond donors (Lipinski definition) is 2. The minimum Gasteiger partial charge on any atom is -0.389 e. The molecule has 0 aromatic carbocycles. The number of pyridine rings is 1. The van der Waals surface area contributed by atoms with Crippen molar-refractivity contribution in [1.82, 2.24) is 4.98 Å². The van der Waals surface area contributed by atoms with Gasteiger partial charge in [-0.05, 0) is 12.1 Å². The van der Waals surface area contributed by atoms with E-state index in [9.17, 15) is 14.6 Å². The molecule has 3 nitrogen and oxygen atoms in total. The van der Waals surface area contributed by atoms with Crippen molar-refractivity contribution in [2.45, 2.75) is 12.2 Å². The number of aliphatic hydroxyl groups excluding tert-OH is 2. The summed E-state index contributed by atoms with van der Waals surface area (Å²) in [6, 6.07) is 2.27. The van der Waals surface area contributed by atoms with Gasteiger partial charge in [0.2, 0.25) is 0 Å². The lowest BCUT2D eigenvalue weighted by Gasteiger charge is -2.14. The molecule has 2 unspecified atom stereocenters. The summed E-state index contributed by atoms with van der Waals surface area (Å²) < 4.78 is 12.7. The second kappa shape index (κ2) is 4.64. The van der Waals surface area contributed by atoms with Gasteiger partial charge in [-0.15, -0.1) is 0 Å². The van der Waals surface area contributed by atoms with Crippen LogP contribution >= 0.6 is 15.9 Å². The molecule has 0 aliphatic carbocycles. The van der Waals surface area contributed by atoms with Gasteiger partial charge in [-0.1, -0.05) is 15.9 Å². The summed E-state index contributed by atoms with van der Waals surface area (Å²) in [7, 11) is 0. The van der Waals surface area contributed by atoms with Crippen LogP contribution in [0.15, 0.2) is 18.3 Å². The van der Waals surface area contributed by atoms with Crippen LogP contribution in [-0.2, 0) is 0 Å². The van der Waals surface area contributed by atoms with Gasteiger partial charge >= 0.3 is 0 Å². The molecule has 13 heavy (non-hydrogen) atoms. The normalized spacial score (nSPS) is 15.4. The zero-order valence-electron chi connectivity index (χ0n) is 6.69. The van der Waals surface area contributed by atoms with Crippen molar-refractivity contribution in [2.24, 2.45) is 0 Å². The number of alkyl halides is 1. The average molecular weight is 250 g/mol. The first-order valence-electron chi connectivity index (χ1n) is 3.68. The fourth-order valence-corrected chi connectivity index (χ4v) is 1.22. The van der Waals surface area contributed by atoms with E-state index in [1.54, 1.807) is 0 Å². The van der Waals surface area contributed by atoms with Crippen molar-refractivity contribution in [3.63, 3.8) is 0 Å². The number of hydrogen-bond acceptors (Lipinski definition) is 3. The van der Waals surface area contributed by atoms with Gasteiger partial charge in [0.15, 0.2) is 0 Å². The van der Waals surface area contributed by atoms with Crippen LogP contribution in [0.1, 0.15) is 11.8 Å². The van der Waals surface area contributed by atoms with Gasteiger partial charge in [-0.2, -0.15) is 0 Å². The Morgan fingerprint density at radius 3 is 2.77 bits per heavy atom. The Bertz CT molecular complexity index is 285. The Balaban J connectivity index is 2.82. The van der Waals surface area contributed by atoms with Crippen LogP contribution in [-0.4, -0.2) is 26.6 Å². The zero-order chi connectivity index (χ0) is 9.84. The van der Waals surface area contributed by atoms with E-state index < -0.39 is 18.0 Å². The third-order valence-corrected chi connectivity index (χ3v) is 2.23. The standard InChI is InChI=1S/C8H9BrFNO2/c9-4-7(12)8(13)6-3-5(10)1-2-11-6/h1-3,7-8,12-13H,4H2. The van der Waals surface area contributed by atoms with Crippen LogP contribution in [0.2, 0.25) is 0 Å². The molecule has 0 fully saturated rings. The first-order chi connectivity index (χ1) is 6.15. The molecule has 1 aromatic rings. The second-order valence-corrected chi connectivity index (χ2v) is 3.21. The highest BCUT2D eigenvalue weighted by Crippen LogP contribution is 2.16. The Morgan fingerprint density at radius 2 is 2.23 bits per heavy atom. The van der Waals surface area contributed by atoms with Crippen molar-refractivity contribution in [1.29, 1.82) is 0 Å². The number of nitrogens with zero attached hydrogens (tertiary/aromatic N) is 1. The van der Waals surface area contributed by atoms with E-state index in [0.717, 1.165) is 6.07 Å². The zero-order valence-corrected chi connectivity index (χ0v) is 8.28. The molecule has 0 radical (unpaired) electrons. The molecule has 0 amide bonds. The van der Waals surface area contributed by atoms with Crippen LogP contribution in [0.5, 0.6) is 0 Å². The van der Waals surface area contributed by atoms with Crippen LogP contribution in [0.25, 0.3) is 0 Å². The summed E-state index contributed by atoms with van der Waals surface area (Å²) in [5, 5.41) is 18.8. The minimum atomic E-state index is -1.16. The predicted octanol–water partition coefficient (Wildman–Crippen LogP) is 1.01. The minimum absolute atomic E-state index is 0.131. The van der Waals surface area contributed by atoms with Crippen LogP contribution in [0.3, 0.4) is 0 Å². The predicted molar refractivity (Wildman–Crippen MR) is 49.0 cm³/mol. The van der Waals surface area contributed by atoms with E-state index in [2.05, 4.69) is 20.9 Å². The van der Waals surface area contributed by atoms with E-state index in [4.69, 9.17) is 0 Å². The number of aliphatic hydroxyl groups is 2. The third kappa shape index (κ3) is 2.72. The molecule has 1 aromatic heterocycles. The molecule has 2 N–H and O–H groups in total. The van der Waals surface area contributed by atoms with Crippen molar-refractivity contribution in [2.75, 3.05) is 5.33 Å². The molecule has 1 heterocycles. The van der Waals surface area contributed by atoms with E-state index in [1.165, 1.54) is 12.3 Å². The first-order valence-corrected chi connectivity index (χ1v) is 4.81. The topological polar surface area (TPSA) is 53.4 Å². The molecule has 2 atom stereocenters. The maximum absolute atomic E-state index is 12.7. The summed E-state index contributed by atoms with van der Waals surface area (Å²) in [6.45, 7) is 0. The lowest BCUT2D eigenvalue weighted by atomic mass is 10.1. The van der Waals surface area contributed by atoms with Crippen molar-refractivity contribution < 1.29 is 14.6 Å². The Kier molecular flexibility index (Phi) is 3.77. The summed E-state index contributed by atoms with van der Waals surface area (Å²) >= 11 is 3.00. The lowest BCUT2D eigenvalue weighted by Crippen LogP contribution is -2.20. The van der Waals surface area contributed by atoms with E-state index in [0.29, 0.717) is 0 Å². The second-order valence-electron chi connectivity index (χ2n) is 2.57. The van der Waals surface area contributed by atoms with Crippen LogP contribution in [0.4, 0.5) is 4.39 Å². The molecule has 0 aliphatic heterocycles. The Morgan fingerprint density at radius 1 is 1.54 bits per heavy atom. The quantitative estimate of drug-likeness (QED) is 0.787.